The van der Waals surface area contributed by atoms with Crippen molar-refractivity contribution in [3.8, 4) is 0 Å². The van der Waals surface area contributed by atoms with Gasteiger partial charge >= 0.3 is 0 Å². The van der Waals surface area contributed by atoms with Crippen molar-refractivity contribution >= 4 is 10.9 Å². The molecular formula is C19H22N2O. The Labute approximate surface area is 130 Å². The summed E-state index contributed by atoms with van der Waals surface area (Å²) in [6, 6.07) is 9.68. The smallest absolute Gasteiger partial charge is 0.0514 e. The van der Waals surface area contributed by atoms with Crippen molar-refractivity contribution in [2.24, 2.45) is 11.8 Å². The van der Waals surface area contributed by atoms with Gasteiger partial charge in [0.15, 0.2) is 0 Å². The summed E-state index contributed by atoms with van der Waals surface area (Å²) in [5.74, 6) is 0.965. The first-order valence-corrected chi connectivity index (χ1v) is 8.43. The summed E-state index contributed by atoms with van der Waals surface area (Å²) in [6.07, 6.45) is 4.51. The van der Waals surface area contributed by atoms with Crippen LogP contribution in [-0.2, 0) is 6.42 Å². The number of H-pyrrole nitrogens is 1. The molecule has 3 saturated heterocycles. The number of nitrogens with one attached hydrogen (secondary N) is 1. The molecule has 4 aliphatic heterocycles. The highest BCUT2D eigenvalue weighted by Gasteiger charge is 2.52. The van der Waals surface area contributed by atoms with Crippen molar-refractivity contribution in [3.05, 3.63) is 47.2 Å². The Morgan fingerprint density at radius 3 is 3.05 bits per heavy atom. The molecule has 2 aromatic rings. The summed E-state index contributed by atoms with van der Waals surface area (Å²) in [5, 5.41) is 11.4. The maximum atomic E-state index is 9.99. The number of benzene rings is 1. The van der Waals surface area contributed by atoms with Gasteiger partial charge in [-0.3, -0.25) is 4.90 Å². The van der Waals surface area contributed by atoms with E-state index in [1.807, 2.05) is 0 Å². The number of piperidine rings is 3. The van der Waals surface area contributed by atoms with E-state index in [1.54, 1.807) is 0 Å². The molecule has 3 fully saturated rings. The van der Waals surface area contributed by atoms with E-state index in [1.165, 1.54) is 27.7 Å². The van der Waals surface area contributed by atoms with Crippen LogP contribution < -0.4 is 0 Å². The molecule has 2 unspecified atom stereocenters. The van der Waals surface area contributed by atoms with Crippen molar-refractivity contribution in [3.63, 3.8) is 0 Å². The number of aromatic nitrogens is 1. The van der Waals surface area contributed by atoms with Gasteiger partial charge in [-0.05, 0) is 37.3 Å². The molecule has 22 heavy (non-hydrogen) atoms. The molecule has 4 bridgehead atoms. The van der Waals surface area contributed by atoms with Gasteiger partial charge in [-0.25, -0.2) is 0 Å². The molecule has 0 spiro atoms. The summed E-state index contributed by atoms with van der Waals surface area (Å²) >= 11 is 0. The average Bonchev–Trinajstić information content (AvgIpc) is 2.93. The molecule has 2 N–H and O–H groups in total. The van der Waals surface area contributed by atoms with Crippen molar-refractivity contribution in [2.45, 2.75) is 31.8 Å². The van der Waals surface area contributed by atoms with Crippen LogP contribution in [0.3, 0.4) is 0 Å². The zero-order valence-corrected chi connectivity index (χ0v) is 12.9. The minimum absolute atomic E-state index is 0.313. The highest BCUT2D eigenvalue weighted by molar-refractivity contribution is 5.85. The van der Waals surface area contributed by atoms with E-state index in [0.717, 1.165) is 19.4 Å². The van der Waals surface area contributed by atoms with Crippen molar-refractivity contribution in [1.82, 2.24) is 9.88 Å². The number of aliphatic hydroxyl groups is 1. The molecule has 3 nitrogen and oxygen atoms in total. The van der Waals surface area contributed by atoms with E-state index in [0.29, 0.717) is 30.5 Å². The van der Waals surface area contributed by atoms with Gasteiger partial charge in [-0.15, -0.1) is 0 Å². The third kappa shape index (κ3) is 1.48. The summed E-state index contributed by atoms with van der Waals surface area (Å²) in [5.41, 5.74) is 5.74. The van der Waals surface area contributed by atoms with E-state index >= 15 is 0 Å². The maximum absolute atomic E-state index is 9.99. The van der Waals surface area contributed by atoms with Crippen LogP contribution in [0.1, 0.15) is 30.6 Å². The van der Waals surface area contributed by atoms with Crippen LogP contribution in [0.5, 0.6) is 0 Å². The van der Waals surface area contributed by atoms with Crippen molar-refractivity contribution in [2.75, 3.05) is 13.2 Å². The summed E-state index contributed by atoms with van der Waals surface area (Å²) in [7, 11) is 0. The number of hydrogen-bond donors (Lipinski definition) is 2. The number of aromatic amines is 1. The highest BCUT2D eigenvalue weighted by Crippen LogP contribution is 2.53. The molecule has 114 valence electrons. The van der Waals surface area contributed by atoms with Crippen LogP contribution in [-0.4, -0.2) is 34.2 Å². The minimum atomic E-state index is 0.313. The Kier molecular flexibility index (Phi) is 2.62. The van der Waals surface area contributed by atoms with E-state index < -0.39 is 0 Å². The molecule has 0 saturated carbocycles. The average molecular weight is 294 g/mol. The van der Waals surface area contributed by atoms with Gasteiger partial charge in [0.05, 0.1) is 6.04 Å². The SMILES string of the molecule is C/C=C1\CN2[C@H]3C[C@@H]1C(CO)[C@@H]2Cc1c3[nH]c2ccccc12. The largest absolute Gasteiger partial charge is 0.396 e. The van der Waals surface area contributed by atoms with Crippen LogP contribution >= 0.6 is 0 Å². The molecule has 0 aliphatic carbocycles. The Morgan fingerprint density at radius 2 is 2.23 bits per heavy atom. The molecule has 1 aromatic carbocycles. The normalized spacial score (nSPS) is 37.7. The number of aliphatic hydroxyl groups excluding tert-OH is 1. The molecule has 6 rings (SSSR count). The molecule has 1 aromatic heterocycles. The van der Waals surface area contributed by atoms with Crippen molar-refractivity contribution < 1.29 is 5.11 Å². The van der Waals surface area contributed by atoms with E-state index in [-0.39, 0.29) is 0 Å². The van der Waals surface area contributed by atoms with Gasteiger partial charge in [-0.2, -0.15) is 0 Å². The first-order valence-electron chi connectivity index (χ1n) is 8.43. The van der Waals surface area contributed by atoms with Gasteiger partial charge in [0.1, 0.15) is 0 Å². The molecule has 5 heterocycles. The zero-order chi connectivity index (χ0) is 14.8. The number of fused-ring (bicyclic) bond motifs is 4. The summed E-state index contributed by atoms with van der Waals surface area (Å²) in [4.78, 5) is 6.35. The monoisotopic (exact) mass is 294 g/mol. The lowest BCUT2D eigenvalue weighted by Gasteiger charge is -2.58. The summed E-state index contributed by atoms with van der Waals surface area (Å²) < 4.78 is 0. The Morgan fingerprint density at radius 1 is 1.36 bits per heavy atom. The van der Waals surface area contributed by atoms with E-state index in [2.05, 4.69) is 47.1 Å². The fourth-order valence-corrected chi connectivity index (χ4v) is 5.32. The van der Waals surface area contributed by atoms with E-state index in [4.69, 9.17) is 0 Å². The first kappa shape index (κ1) is 12.9. The number of para-hydroxylation sites is 1. The van der Waals surface area contributed by atoms with Crippen LogP contribution in [0.15, 0.2) is 35.9 Å². The van der Waals surface area contributed by atoms with Gasteiger partial charge in [-0.1, -0.05) is 29.8 Å². The molecular weight excluding hydrogens is 272 g/mol. The van der Waals surface area contributed by atoms with Gasteiger partial charge < -0.3 is 10.1 Å². The van der Waals surface area contributed by atoms with Crippen LogP contribution in [0.4, 0.5) is 0 Å². The van der Waals surface area contributed by atoms with Crippen molar-refractivity contribution in [1.29, 1.82) is 0 Å². The predicted octanol–water partition coefficient (Wildman–Crippen LogP) is 3.02. The zero-order valence-electron chi connectivity index (χ0n) is 12.9. The lowest BCUT2D eigenvalue weighted by Crippen LogP contribution is -2.60. The van der Waals surface area contributed by atoms with Gasteiger partial charge in [0.25, 0.3) is 0 Å². The molecule has 5 atom stereocenters. The second-order valence-electron chi connectivity index (χ2n) is 7.07. The molecule has 3 heteroatoms. The third-order valence-electron chi connectivity index (χ3n) is 6.33. The number of nitrogens with zero attached hydrogens (tertiary/aromatic N) is 1. The Bertz CT molecular complexity index is 775. The Hall–Kier alpha value is -1.58. The number of allylic oxidation sites excluding steroid dienone is 1. The fraction of sp³-hybridized carbons (Fsp3) is 0.474. The third-order valence-corrected chi connectivity index (χ3v) is 6.33. The number of rotatable bonds is 1. The minimum Gasteiger partial charge on any atom is -0.396 e. The lowest BCUT2D eigenvalue weighted by molar-refractivity contribution is -0.0503. The number of hydrogen-bond acceptors (Lipinski definition) is 2. The fourth-order valence-electron chi connectivity index (χ4n) is 5.32. The van der Waals surface area contributed by atoms with E-state index in [9.17, 15) is 5.11 Å². The van der Waals surface area contributed by atoms with Gasteiger partial charge in [0, 0.05) is 41.7 Å². The van der Waals surface area contributed by atoms with Crippen LogP contribution in [0.25, 0.3) is 10.9 Å². The standard InChI is InChI=1S/C19H22N2O/c1-2-11-9-21-17-8-14-12-5-3-4-6-16(12)20-19(14)18(21)7-13(11)15(17)10-22/h2-6,13,15,17-18,20,22H,7-10H2,1H3/b11-2+/t13-,15?,17-,18-/m0/s1. The molecule has 0 radical (unpaired) electrons. The second kappa shape index (κ2) is 4.46. The molecule has 4 aliphatic rings. The topological polar surface area (TPSA) is 39.3 Å². The maximum Gasteiger partial charge on any atom is 0.0514 e. The van der Waals surface area contributed by atoms with Crippen LogP contribution in [0.2, 0.25) is 0 Å². The first-order chi connectivity index (χ1) is 10.8. The Balaban J connectivity index is 1.69. The second-order valence-corrected chi connectivity index (χ2v) is 7.07. The highest BCUT2D eigenvalue weighted by atomic mass is 16.3. The quantitative estimate of drug-likeness (QED) is 0.794. The van der Waals surface area contributed by atoms with Gasteiger partial charge in [0.2, 0.25) is 0 Å². The molecule has 0 amide bonds. The van der Waals surface area contributed by atoms with Crippen LogP contribution in [0, 0.1) is 11.8 Å². The predicted molar refractivity (Wildman–Crippen MR) is 87.7 cm³/mol. The summed E-state index contributed by atoms with van der Waals surface area (Å²) in [6.45, 7) is 3.55. The lowest BCUT2D eigenvalue weighted by atomic mass is 9.64.